The Labute approximate surface area is 107 Å². The fourth-order valence-electron chi connectivity index (χ4n) is 1.87. The van der Waals surface area contributed by atoms with E-state index in [0.29, 0.717) is 26.2 Å². The van der Waals surface area contributed by atoms with E-state index in [1.54, 1.807) is 13.2 Å². The highest BCUT2D eigenvalue weighted by atomic mass is 19.1. The van der Waals surface area contributed by atoms with Crippen LogP contribution in [0.25, 0.3) is 0 Å². The predicted octanol–water partition coefficient (Wildman–Crippen LogP) is 0.990. The maximum absolute atomic E-state index is 13.3. The highest BCUT2D eigenvalue weighted by Gasteiger charge is 2.11. The van der Waals surface area contributed by atoms with E-state index in [9.17, 15) is 4.39 Å². The summed E-state index contributed by atoms with van der Waals surface area (Å²) in [5, 5.41) is 12.1. The van der Waals surface area contributed by atoms with Gasteiger partial charge < -0.3 is 20.1 Å². The Morgan fingerprint density at radius 1 is 1.39 bits per heavy atom. The lowest BCUT2D eigenvalue weighted by Gasteiger charge is -2.26. The number of nitrogens with zero attached hydrogens (tertiary/aromatic N) is 1. The average molecular weight is 256 g/mol. The van der Waals surface area contributed by atoms with Gasteiger partial charge in [-0.2, -0.15) is 0 Å². The molecule has 4 nitrogen and oxygen atoms in total. The van der Waals surface area contributed by atoms with E-state index in [4.69, 9.17) is 9.84 Å². The Balaban J connectivity index is 2.93. The van der Waals surface area contributed by atoms with Crippen LogP contribution in [0, 0.1) is 5.82 Å². The summed E-state index contributed by atoms with van der Waals surface area (Å²) >= 11 is 0. The molecule has 0 aliphatic carbocycles. The summed E-state index contributed by atoms with van der Waals surface area (Å²) in [4.78, 5) is 2.00. The van der Waals surface area contributed by atoms with Crippen molar-refractivity contribution in [1.82, 2.24) is 5.32 Å². The summed E-state index contributed by atoms with van der Waals surface area (Å²) in [7, 11) is 3.45. The molecule has 2 N–H and O–H groups in total. The Bertz CT molecular complexity index is 361. The van der Waals surface area contributed by atoms with Gasteiger partial charge in [0.25, 0.3) is 0 Å². The largest absolute Gasteiger partial charge is 0.395 e. The van der Waals surface area contributed by atoms with Crippen molar-refractivity contribution in [3.05, 3.63) is 29.6 Å². The van der Waals surface area contributed by atoms with Gasteiger partial charge in [0.1, 0.15) is 5.82 Å². The average Bonchev–Trinajstić information content (AvgIpc) is 2.36. The minimum Gasteiger partial charge on any atom is -0.395 e. The molecule has 102 valence electrons. The third kappa shape index (κ3) is 4.25. The molecule has 1 aromatic rings. The van der Waals surface area contributed by atoms with Crippen molar-refractivity contribution in [2.75, 3.05) is 45.4 Å². The van der Waals surface area contributed by atoms with Crippen LogP contribution >= 0.6 is 0 Å². The van der Waals surface area contributed by atoms with Crippen LogP contribution in [0.4, 0.5) is 10.1 Å². The van der Waals surface area contributed by atoms with Crippen molar-refractivity contribution in [2.45, 2.75) is 6.54 Å². The van der Waals surface area contributed by atoms with Crippen LogP contribution in [0.1, 0.15) is 5.56 Å². The van der Waals surface area contributed by atoms with Crippen LogP contribution < -0.4 is 10.2 Å². The first-order chi connectivity index (χ1) is 8.72. The van der Waals surface area contributed by atoms with Gasteiger partial charge >= 0.3 is 0 Å². The second-order valence-corrected chi connectivity index (χ2v) is 4.01. The van der Waals surface area contributed by atoms with E-state index < -0.39 is 0 Å². The van der Waals surface area contributed by atoms with Crippen LogP contribution in [0.15, 0.2) is 18.2 Å². The van der Waals surface area contributed by atoms with Gasteiger partial charge in [-0.25, -0.2) is 4.39 Å². The molecule has 0 spiro atoms. The van der Waals surface area contributed by atoms with Crippen molar-refractivity contribution in [3.63, 3.8) is 0 Å². The molecular formula is C13H21FN2O2. The van der Waals surface area contributed by atoms with Crippen molar-refractivity contribution in [2.24, 2.45) is 0 Å². The van der Waals surface area contributed by atoms with E-state index in [2.05, 4.69) is 5.32 Å². The van der Waals surface area contributed by atoms with Crippen LogP contribution in [0.2, 0.25) is 0 Å². The molecule has 0 unspecified atom stereocenters. The third-order valence-electron chi connectivity index (χ3n) is 2.68. The van der Waals surface area contributed by atoms with Gasteiger partial charge in [0, 0.05) is 32.4 Å². The van der Waals surface area contributed by atoms with Crippen LogP contribution in [-0.4, -0.2) is 45.6 Å². The van der Waals surface area contributed by atoms with E-state index in [-0.39, 0.29) is 12.4 Å². The number of hydrogen-bond acceptors (Lipinski definition) is 4. The van der Waals surface area contributed by atoms with E-state index in [1.165, 1.54) is 12.1 Å². The number of halogens is 1. The lowest BCUT2D eigenvalue weighted by molar-refractivity contribution is 0.203. The molecule has 5 heteroatoms. The highest BCUT2D eigenvalue weighted by Crippen LogP contribution is 2.21. The molecule has 0 saturated heterocycles. The van der Waals surface area contributed by atoms with Crippen LogP contribution in [0.3, 0.4) is 0 Å². The Kier molecular flexibility index (Phi) is 6.64. The monoisotopic (exact) mass is 256 g/mol. The van der Waals surface area contributed by atoms with Gasteiger partial charge in [-0.15, -0.1) is 0 Å². The van der Waals surface area contributed by atoms with Gasteiger partial charge in [0.05, 0.1) is 13.2 Å². The smallest absolute Gasteiger partial charge is 0.123 e. The molecule has 0 radical (unpaired) electrons. The topological polar surface area (TPSA) is 44.7 Å². The predicted molar refractivity (Wildman–Crippen MR) is 70.3 cm³/mol. The molecule has 0 bridgehead atoms. The van der Waals surface area contributed by atoms with E-state index in [0.717, 1.165) is 11.3 Å². The molecule has 1 aromatic carbocycles. The summed E-state index contributed by atoms with van der Waals surface area (Å²) in [5.41, 5.74) is 1.80. The summed E-state index contributed by atoms with van der Waals surface area (Å²) in [5.74, 6) is -0.250. The first-order valence-corrected chi connectivity index (χ1v) is 6.00. The number of aliphatic hydroxyl groups excluding tert-OH is 1. The second-order valence-electron chi connectivity index (χ2n) is 4.01. The number of benzene rings is 1. The Morgan fingerprint density at radius 2 is 2.17 bits per heavy atom. The van der Waals surface area contributed by atoms with E-state index >= 15 is 0 Å². The van der Waals surface area contributed by atoms with E-state index in [1.807, 2.05) is 11.9 Å². The van der Waals surface area contributed by atoms with Crippen molar-refractivity contribution in [3.8, 4) is 0 Å². The first-order valence-electron chi connectivity index (χ1n) is 6.00. The number of aliphatic hydroxyl groups is 1. The zero-order valence-corrected chi connectivity index (χ0v) is 10.9. The molecule has 0 aliphatic heterocycles. The lowest BCUT2D eigenvalue weighted by Crippen LogP contribution is -2.31. The highest BCUT2D eigenvalue weighted by molar-refractivity contribution is 5.54. The Hall–Kier alpha value is -1.17. The molecule has 18 heavy (non-hydrogen) atoms. The summed E-state index contributed by atoms with van der Waals surface area (Å²) in [6, 6.07) is 4.70. The second kappa shape index (κ2) is 8.02. The van der Waals surface area contributed by atoms with Crippen molar-refractivity contribution in [1.29, 1.82) is 0 Å². The number of methoxy groups -OCH3 is 1. The molecule has 0 aromatic heterocycles. The minimum absolute atomic E-state index is 0.0556. The van der Waals surface area contributed by atoms with Crippen molar-refractivity contribution < 1.29 is 14.2 Å². The Morgan fingerprint density at radius 3 is 2.78 bits per heavy atom. The zero-order valence-electron chi connectivity index (χ0n) is 10.9. The standard InChI is InChI=1S/C13H21FN2O2/c1-15-10-11-9-12(14)3-4-13(11)16(5-7-17)6-8-18-2/h3-4,9,15,17H,5-8,10H2,1-2H3. The fraction of sp³-hybridized carbons (Fsp3) is 0.538. The molecule has 0 atom stereocenters. The summed E-state index contributed by atoms with van der Waals surface area (Å²) in [6.07, 6.45) is 0. The maximum Gasteiger partial charge on any atom is 0.123 e. The normalized spacial score (nSPS) is 10.7. The lowest BCUT2D eigenvalue weighted by atomic mass is 10.1. The molecule has 0 aliphatic rings. The number of nitrogens with one attached hydrogen (secondary N) is 1. The molecule has 0 amide bonds. The maximum atomic E-state index is 13.3. The first kappa shape index (κ1) is 14.9. The zero-order chi connectivity index (χ0) is 13.4. The molecule has 0 fully saturated rings. The third-order valence-corrected chi connectivity index (χ3v) is 2.68. The fourth-order valence-corrected chi connectivity index (χ4v) is 1.87. The van der Waals surface area contributed by atoms with Crippen LogP contribution in [-0.2, 0) is 11.3 Å². The quantitative estimate of drug-likeness (QED) is 0.728. The van der Waals surface area contributed by atoms with Crippen molar-refractivity contribution >= 4 is 5.69 Å². The minimum atomic E-state index is -0.250. The molecule has 1 rings (SSSR count). The SMILES string of the molecule is CNCc1cc(F)ccc1N(CCO)CCOC. The number of rotatable bonds is 8. The van der Waals surface area contributed by atoms with Gasteiger partial charge in [-0.05, 0) is 30.8 Å². The number of ether oxygens (including phenoxy) is 1. The molecule has 0 heterocycles. The summed E-state index contributed by atoms with van der Waals surface area (Å²) < 4.78 is 18.3. The molecular weight excluding hydrogens is 235 g/mol. The molecule has 0 saturated carbocycles. The van der Waals surface area contributed by atoms with Crippen LogP contribution in [0.5, 0.6) is 0 Å². The van der Waals surface area contributed by atoms with Gasteiger partial charge in [0.15, 0.2) is 0 Å². The van der Waals surface area contributed by atoms with Gasteiger partial charge in [-0.1, -0.05) is 0 Å². The van der Waals surface area contributed by atoms with Gasteiger partial charge in [0.2, 0.25) is 0 Å². The number of hydrogen-bond donors (Lipinski definition) is 2. The van der Waals surface area contributed by atoms with Gasteiger partial charge in [-0.3, -0.25) is 0 Å². The number of anilines is 1. The summed E-state index contributed by atoms with van der Waals surface area (Å²) in [6.45, 7) is 2.38.